The van der Waals surface area contributed by atoms with Crippen molar-refractivity contribution in [3.05, 3.63) is 88.9 Å². The molecule has 5 N–H and O–H groups in total. The predicted molar refractivity (Wildman–Crippen MR) is 156 cm³/mol. The van der Waals surface area contributed by atoms with Crippen LogP contribution < -0.4 is 21.1 Å². The van der Waals surface area contributed by atoms with Crippen molar-refractivity contribution in [2.75, 3.05) is 26.7 Å². The van der Waals surface area contributed by atoms with Crippen LogP contribution >= 0.6 is 0 Å². The molecular weight excluding hydrogens is 524 g/mol. The Morgan fingerprint density at radius 2 is 1.71 bits per heavy atom. The standard InChI is InChI=1S/C31H40N4O6/c1-4-11-35(12-5-2)31(39)24-16-22(29(32)37)15-23(17-24)30(38)34-27(18-26-10-7-13-41-26)28(36)20-33-19-21-8-6-9-25(14-21)40-3/h6-10,13-17,27-28,33,36H,4-5,11-12,18-20H2,1-3H3,(H2,32,37)(H,34,38). The first-order chi connectivity index (χ1) is 19.7. The molecule has 2 atom stereocenters. The summed E-state index contributed by atoms with van der Waals surface area (Å²) in [5, 5.41) is 17.2. The van der Waals surface area contributed by atoms with Gasteiger partial charge in [-0.2, -0.15) is 0 Å². The molecule has 10 nitrogen and oxygen atoms in total. The number of furan rings is 1. The molecule has 2 unspecified atom stereocenters. The fourth-order valence-corrected chi connectivity index (χ4v) is 4.53. The molecule has 3 aromatic rings. The van der Waals surface area contributed by atoms with Gasteiger partial charge in [-0.1, -0.05) is 26.0 Å². The number of carbonyl (C=O) groups excluding carboxylic acids is 3. The lowest BCUT2D eigenvalue weighted by molar-refractivity contribution is 0.0755. The minimum absolute atomic E-state index is 0.0528. The number of carbonyl (C=O) groups is 3. The third-order valence-electron chi connectivity index (χ3n) is 6.60. The fourth-order valence-electron chi connectivity index (χ4n) is 4.53. The van der Waals surface area contributed by atoms with Gasteiger partial charge in [0.25, 0.3) is 11.8 Å². The summed E-state index contributed by atoms with van der Waals surface area (Å²) in [6.45, 7) is 5.71. The van der Waals surface area contributed by atoms with Crippen molar-refractivity contribution in [2.45, 2.75) is 51.8 Å². The van der Waals surface area contributed by atoms with Gasteiger partial charge in [0.05, 0.1) is 25.5 Å². The lowest BCUT2D eigenvalue weighted by Gasteiger charge is -2.25. The van der Waals surface area contributed by atoms with E-state index in [0.29, 0.717) is 25.4 Å². The first kappa shape index (κ1) is 31.4. The summed E-state index contributed by atoms with van der Waals surface area (Å²) in [5.41, 5.74) is 6.87. The van der Waals surface area contributed by atoms with Crippen molar-refractivity contribution in [2.24, 2.45) is 5.73 Å². The highest BCUT2D eigenvalue weighted by atomic mass is 16.5. The Labute approximate surface area is 240 Å². The highest BCUT2D eigenvalue weighted by Crippen LogP contribution is 2.16. The van der Waals surface area contributed by atoms with Crippen molar-refractivity contribution in [3.63, 3.8) is 0 Å². The third kappa shape index (κ3) is 9.19. The molecule has 0 bridgehead atoms. The van der Waals surface area contributed by atoms with Crippen molar-refractivity contribution in [1.29, 1.82) is 0 Å². The van der Waals surface area contributed by atoms with Gasteiger partial charge in [-0.3, -0.25) is 14.4 Å². The molecule has 2 aromatic carbocycles. The number of aliphatic hydroxyl groups is 1. The maximum Gasteiger partial charge on any atom is 0.253 e. The number of hydrogen-bond donors (Lipinski definition) is 4. The van der Waals surface area contributed by atoms with Gasteiger partial charge >= 0.3 is 0 Å². The van der Waals surface area contributed by atoms with E-state index in [1.165, 1.54) is 24.5 Å². The van der Waals surface area contributed by atoms with Gasteiger partial charge in [-0.15, -0.1) is 0 Å². The van der Waals surface area contributed by atoms with Crippen LogP contribution in [0.15, 0.2) is 65.3 Å². The van der Waals surface area contributed by atoms with Gasteiger partial charge < -0.3 is 35.5 Å². The largest absolute Gasteiger partial charge is 0.497 e. The average molecular weight is 565 g/mol. The summed E-state index contributed by atoms with van der Waals surface area (Å²) in [4.78, 5) is 40.5. The van der Waals surface area contributed by atoms with Crippen molar-refractivity contribution >= 4 is 17.7 Å². The molecule has 41 heavy (non-hydrogen) atoms. The second-order valence-electron chi connectivity index (χ2n) is 9.87. The summed E-state index contributed by atoms with van der Waals surface area (Å²) in [6.07, 6.45) is 2.30. The molecule has 1 heterocycles. The quantitative estimate of drug-likeness (QED) is 0.209. The maximum atomic E-state index is 13.5. The molecular formula is C31H40N4O6. The van der Waals surface area contributed by atoms with Gasteiger partial charge in [0.2, 0.25) is 5.91 Å². The van der Waals surface area contributed by atoms with Gasteiger partial charge in [-0.05, 0) is 60.9 Å². The number of methoxy groups -OCH3 is 1. The number of amides is 3. The van der Waals surface area contributed by atoms with Crippen LogP contribution in [0.4, 0.5) is 0 Å². The Morgan fingerprint density at radius 3 is 2.34 bits per heavy atom. The van der Waals surface area contributed by atoms with E-state index in [9.17, 15) is 19.5 Å². The maximum absolute atomic E-state index is 13.5. The van der Waals surface area contributed by atoms with Crippen LogP contribution in [-0.2, 0) is 13.0 Å². The minimum Gasteiger partial charge on any atom is -0.497 e. The first-order valence-corrected chi connectivity index (χ1v) is 13.8. The van der Waals surface area contributed by atoms with E-state index in [4.69, 9.17) is 14.9 Å². The average Bonchev–Trinajstić information content (AvgIpc) is 3.49. The van der Waals surface area contributed by atoms with Crippen LogP contribution in [-0.4, -0.2) is 66.6 Å². The van der Waals surface area contributed by atoms with E-state index in [0.717, 1.165) is 24.2 Å². The second kappa shape index (κ2) is 15.6. The lowest BCUT2D eigenvalue weighted by atomic mass is 10.0. The number of hydrogen-bond acceptors (Lipinski definition) is 7. The SMILES string of the molecule is CCCN(CCC)C(=O)c1cc(C(N)=O)cc(C(=O)NC(Cc2ccco2)C(O)CNCc2cccc(OC)c2)c1. The normalized spacial score (nSPS) is 12.4. The molecule has 0 radical (unpaired) electrons. The van der Waals surface area contributed by atoms with Gasteiger partial charge in [-0.25, -0.2) is 0 Å². The number of nitrogens with one attached hydrogen (secondary N) is 2. The molecule has 0 saturated carbocycles. The molecule has 10 heteroatoms. The van der Waals surface area contributed by atoms with Crippen LogP contribution in [0.5, 0.6) is 5.75 Å². The number of aliphatic hydroxyl groups excluding tert-OH is 1. The van der Waals surface area contributed by atoms with E-state index in [1.807, 2.05) is 38.1 Å². The highest BCUT2D eigenvalue weighted by Gasteiger charge is 2.25. The minimum atomic E-state index is -0.986. The molecule has 3 amide bonds. The Balaban J connectivity index is 1.79. The smallest absolute Gasteiger partial charge is 0.253 e. The topological polar surface area (TPSA) is 147 Å². The van der Waals surface area contributed by atoms with Crippen molar-refractivity contribution in [3.8, 4) is 5.75 Å². The van der Waals surface area contributed by atoms with Crippen LogP contribution in [0.2, 0.25) is 0 Å². The number of rotatable bonds is 16. The van der Waals surface area contributed by atoms with E-state index in [2.05, 4.69) is 10.6 Å². The van der Waals surface area contributed by atoms with Gasteiger partial charge in [0, 0.05) is 49.3 Å². The zero-order valence-electron chi connectivity index (χ0n) is 23.9. The second-order valence-corrected chi connectivity index (χ2v) is 9.87. The Kier molecular flexibility index (Phi) is 11.9. The molecule has 0 fully saturated rings. The molecule has 0 saturated heterocycles. The lowest BCUT2D eigenvalue weighted by Crippen LogP contribution is -2.48. The number of nitrogens with zero attached hydrogens (tertiary/aromatic N) is 1. The van der Waals surface area contributed by atoms with Crippen molar-refractivity contribution < 1.29 is 28.6 Å². The summed E-state index contributed by atoms with van der Waals surface area (Å²) in [7, 11) is 1.60. The van der Waals surface area contributed by atoms with Gasteiger partial charge in [0.1, 0.15) is 11.5 Å². The number of benzene rings is 2. The zero-order valence-corrected chi connectivity index (χ0v) is 23.9. The predicted octanol–water partition coefficient (Wildman–Crippen LogP) is 3.14. The fraction of sp³-hybridized carbons (Fsp3) is 0.387. The number of ether oxygens (including phenoxy) is 1. The van der Waals surface area contributed by atoms with Crippen molar-refractivity contribution in [1.82, 2.24) is 15.5 Å². The molecule has 0 aliphatic heterocycles. The summed E-state index contributed by atoms with van der Waals surface area (Å²) < 4.78 is 10.7. The van der Waals surface area contributed by atoms with Gasteiger partial charge in [0.15, 0.2) is 0 Å². The molecule has 0 aliphatic rings. The van der Waals surface area contributed by atoms with Crippen LogP contribution in [0.25, 0.3) is 0 Å². The summed E-state index contributed by atoms with van der Waals surface area (Å²) in [6, 6.07) is 14.6. The Morgan fingerprint density at radius 1 is 1.00 bits per heavy atom. The molecule has 0 spiro atoms. The molecule has 3 rings (SSSR count). The zero-order chi connectivity index (χ0) is 29.8. The Bertz CT molecular complexity index is 1290. The summed E-state index contributed by atoms with van der Waals surface area (Å²) >= 11 is 0. The summed E-state index contributed by atoms with van der Waals surface area (Å²) in [5.74, 6) is -0.266. The van der Waals surface area contributed by atoms with E-state index < -0.39 is 24.0 Å². The first-order valence-electron chi connectivity index (χ1n) is 13.8. The third-order valence-corrected chi connectivity index (χ3v) is 6.60. The van der Waals surface area contributed by atoms with Crippen LogP contribution in [0.3, 0.4) is 0 Å². The Hall–Kier alpha value is -4.15. The number of primary amides is 1. The molecule has 0 aliphatic carbocycles. The van der Waals surface area contributed by atoms with E-state index in [-0.39, 0.29) is 35.6 Å². The highest BCUT2D eigenvalue weighted by molar-refractivity contribution is 6.04. The molecule has 1 aromatic heterocycles. The monoisotopic (exact) mass is 564 g/mol. The van der Waals surface area contributed by atoms with Crippen LogP contribution in [0, 0.1) is 0 Å². The van der Waals surface area contributed by atoms with E-state index in [1.54, 1.807) is 24.1 Å². The van der Waals surface area contributed by atoms with Crippen LogP contribution in [0.1, 0.15) is 69.1 Å². The number of nitrogens with two attached hydrogens (primary N) is 1. The molecule has 220 valence electrons. The van der Waals surface area contributed by atoms with E-state index >= 15 is 0 Å².